The lowest BCUT2D eigenvalue weighted by atomic mass is 9.97. The van der Waals surface area contributed by atoms with Crippen molar-refractivity contribution in [1.82, 2.24) is 24.9 Å². The first kappa shape index (κ1) is 14.1. The molecule has 0 saturated carbocycles. The molecule has 0 unspecified atom stereocenters. The Balaban J connectivity index is 1.68. The first-order chi connectivity index (χ1) is 11.3. The monoisotopic (exact) mass is 309 g/mol. The summed E-state index contributed by atoms with van der Waals surface area (Å²) in [6, 6.07) is 9.86. The Kier molecular flexibility index (Phi) is 3.67. The van der Waals surface area contributed by atoms with Crippen molar-refractivity contribution < 1.29 is 4.74 Å². The van der Waals surface area contributed by atoms with Gasteiger partial charge in [-0.3, -0.25) is 4.40 Å². The molecule has 3 heterocycles. The molecule has 0 spiro atoms. The van der Waals surface area contributed by atoms with Crippen LogP contribution in [0.4, 0.5) is 0 Å². The first-order valence-corrected chi connectivity index (χ1v) is 7.91. The zero-order valence-electron chi connectivity index (χ0n) is 13.1. The molecule has 4 rings (SSSR count). The minimum absolute atomic E-state index is 0.458. The molecule has 1 fully saturated rings. The van der Waals surface area contributed by atoms with E-state index in [1.807, 2.05) is 41.1 Å². The molecule has 2 aromatic heterocycles. The van der Waals surface area contributed by atoms with Gasteiger partial charge in [0, 0.05) is 17.5 Å². The summed E-state index contributed by atoms with van der Waals surface area (Å²) >= 11 is 0. The maximum atomic E-state index is 5.19. The summed E-state index contributed by atoms with van der Waals surface area (Å²) < 4.78 is 7.21. The molecule has 3 aromatic rings. The number of hydrogen-bond acceptors (Lipinski definition) is 5. The van der Waals surface area contributed by atoms with Crippen molar-refractivity contribution in [2.75, 3.05) is 20.2 Å². The van der Waals surface area contributed by atoms with Crippen LogP contribution in [0, 0.1) is 0 Å². The summed E-state index contributed by atoms with van der Waals surface area (Å²) in [5.41, 5.74) is 2.78. The number of ether oxygens (including phenoxy) is 1. The fraction of sp³-hybridized carbons (Fsp3) is 0.353. The molecular weight excluding hydrogens is 290 g/mol. The van der Waals surface area contributed by atoms with E-state index >= 15 is 0 Å². The Hall–Kier alpha value is -2.47. The average Bonchev–Trinajstić information content (AvgIpc) is 3.06. The van der Waals surface area contributed by atoms with E-state index in [1.165, 1.54) is 0 Å². The zero-order chi connectivity index (χ0) is 15.6. The predicted octanol–water partition coefficient (Wildman–Crippen LogP) is 2.27. The van der Waals surface area contributed by atoms with E-state index < -0.39 is 0 Å². The number of nitrogens with zero attached hydrogens (tertiary/aromatic N) is 4. The normalized spacial score (nSPS) is 15.9. The Morgan fingerprint density at radius 2 is 1.91 bits per heavy atom. The molecule has 1 aromatic carbocycles. The average molecular weight is 309 g/mol. The maximum Gasteiger partial charge on any atom is 0.164 e. The molecule has 0 atom stereocenters. The van der Waals surface area contributed by atoms with Crippen LogP contribution < -0.4 is 10.1 Å². The Bertz CT molecular complexity index is 805. The van der Waals surface area contributed by atoms with Crippen LogP contribution in [0.25, 0.3) is 16.9 Å². The van der Waals surface area contributed by atoms with Gasteiger partial charge in [-0.1, -0.05) is 0 Å². The fourth-order valence-corrected chi connectivity index (χ4v) is 3.09. The van der Waals surface area contributed by atoms with E-state index in [2.05, 4.69) is 20.5 Å². The van der Waals surface area contributed by atoms with E-state index in [-0.39, 0.29) is 0 Å². The zero-order valence-corrected chi connectivity index (χ0v) is 13.1. The maximum absolute atomic E-state index is 5.19. The lowest BCUT2D eigenvalue weighted by Crippen LogP contribution is -2.27. The molecule has 6 nitrogen and oxygen atoms in total. The lowest BCUT2D eigenvalue weighted by Gasteiger charge is -2.20. The van der Waals surface area contributed by atoms with Crippen molar-refractivity contribution in [2.24, 2.45) is 0 Å². The fourth-order valence-electron chi connectivity index (χ4n) is 3.09. The Labute approximate surface area is 134 Å². The summed E-state index contributed by atoms with van der Waals surface area (Å²) in [7, 11) is 1.66. The molecule has 6 heteroatoms. The van der Waals surface area contributed by atoms with Gasteiger partial charge in [-0.15, -0.1) is 10.2 Å². The Morgan fingerprint density at radius 3 is 2.65 bits per heavy atom. The quantitative estimate of drug-likeness (QED) is 0.804. The van der Waals surface area contributed by atoms with Gasteiger partial charge in [0.05, 0.1) is 12.8 Å². The third-order valence-corrected chi connectivity index (χ3v) is 4.42. The first-order valence-electron chi connectivity index (χ1n) is 7.91. The number of hydrogen-bond donors (Lipinski definition) is 1. The number of piperidine rings is 1. The molecule has 0 bridgehead atoms. The highest BCUT2D eigenvalue weighted by Crippen LogP contribution is 2.26. The number of rotatable bonds is 3. The number of aromatic nitrogens is 4. The van der Waals surface area contributed by atoms with Crippen molar-refractivity contribution in [3.63, 3.8) is 0 Å². The van der Waals surface area contributed by atoms with Gasteiger partial charge in [-0.05, 0) is 50.2 Å². The second-order valence-corrected chi connectivity index (χ2v) is 5.81. The lowest BCUT2D eigenvalue weighted by molar-refractivity contribution is 0.415. The highest BCUT2D eigenvalue weighted by molar-refractivity contribution is 5.63. The van der Waals surface area contributed by atoms with Crippen LogP contribution in [0.5, 0.6) is 5.75 Å². The van der Waals surface area contributed by atoms with Gasteiger partial charge in [0.25, 0.3) is 0 Å². The molecule has 1 aliphatic heterocycles. The second kappa shape index (κ2) is 5.96. The largest absolute Gasteiger partial charge is 0.497 e. The standard InChI is InChI=1S/C17H19N5O/c1-23-14-4-2-12(3-5-14)15-10-16-20-21-17(22(16)11-19-15)13-6-8-18-9-7-13/h2-5,10-11,13,18H,6-9H2,1H3. The molecule has 1 N–H and O–H groups in total. The predicted molar refractivity (Wildman–Crippen MR) is 87.6 cm³/mol. The molecule has 1 saturated heterocycles. The van der Waals surface area contributed by atoms with E-state index in [1.54, 1.807) is 7.11 Å². The molecule has 0 radical (unpaired) electrons. The molecule has 0 aliphatic carbocycles. The smallest absolute Gasteiger partial charge is 0.164 e. The molecule has 0 amide bonds. The van der Waals surface area contributed by atoms with Crippen LogP contribution >= 0.6 is 0 Å². The van der Waals surface area contributed by atoms with Crippen molar-refractivity contribution in [3.05, 3.63) is 42.5 Å². The summed E-state index contributed by atoms with van der Waals surface area (Å²) in [6.45, 7) is 2.08. The van der Waals surface area contributed by atoms with Gasteiger partial charge in [0.1, 0.15) is 17.9 Å². The summed E-state index contributed by atoms with van der Waals surface area (Å²) in [5, 5.41) is 12.1. The van der Waals surface area contributed by atoms with Crippen LogP contribution in [0.1, 0.15) is 24.6 Å². The number of methoxy groups -OCH3 is 1. The van der Waals surface area contributed by atoms with Crippen molar-refractivity contribution in [3.8, 4) is 17.0 Å². The molecule has 118 valence electrons. The van der Waals surface area contributed by atoms with Gasteiger partial charge in [0.2, 0.25) is 0 Å². The number of nitrogens with one attached hydrogen (secondary N) is 1. The van der Waals surface area contributed by atoms with Gasteiger partial charge >= 0.3 is 0 Å². The number of benzene rings is 1. The van der Waals surface area contributed by atoms with E-state index in [0.717, 1.165) is 54.4 Å². The van der Waals surface area contributed by atoms with Crippen LogP contribution in [0.2, 0.25) is 0 Å². The van der Waals surface area contributed by atoms with E-state index in [0.29, 0.717) is 5.92 Å². The number of fused-ring (bicyclic) bond motifs is 1. The van der Waals surface area contributed by atoms with Crippen LogP contribution in [-0.2, 0) is 0 Å². The van der Waals surface area contributed by atoms with Gasteiger partial charge in [-0.25, -0.2) is 4.98 Å². The minimum atomic E-state index is 0.458. The van der Waals surface area contributed by atoms with Gasteiger partial charge in [-0.2, -0.15) is 0 Å². The molecular formula is C17H19N5O. The topological polar surface area (TPSA) is 64.3 Å². The second-order valence-electron chi connectivity index (χ2n) is 5.81. The Morgan fingerprint density at radius 1 is 1.13 bits per heavy atom. The molecule has 1 aliphatic rings. The third kappa shape index (κ3) is 2.66. The van der Waals surface area contributed by atoms with Crippen molar-refractivity contribution in [2.45, 2.75) is 18.8 Å². The van der Waals surface area contributed by atoms with E-state index in [4.69, 9.17) is 4.74 Å². The van der Waals surface area contributed by atoms with Crippen LogP contribution in [-0.4, -0.2) is 39.8 Å². The van der Waals surface area contributed by atoms with Crippen molar-refractivity contribution >= 4 is 5.65 Å². The van der Waals surface area contributed by atoms with Crippen LogP contribution in [0.15, 0.2) is 36.7 Å². The van der Waals surface area contributed by atoms with E-state index in [9.17, 15) is 0 Å². The SMILES string of the molecule is COc1ccc(-c2cc3nnc(C4CCNCC4)n3cn2)cc1. The highest BCUT2D eigenvalue weighted by Gasteiger charge is 2.20. The molecule has 23 heavy (non-hydrogen) atoms. The summed E-state index contributed by atoms with van der Waals surface area (Å²) in [6.07, 6.45) is 4.04. The van der Waals surface area contributed by atoms with Gasteiger partial charge in [0.15, 0.2) is 5.65 Å². The summed E-state index contributed by atoms with van der Waals surface area (Å²) in [4.78, 5) is 4.59. The van der Waals surface area contributed by atoms with Crippen LogP contribution in [0.3, 0.4) is 0 Å². The summed E-state index contributed by atoms with van der Waals surface area (Å²) in [5.74, 6) is 2.32. The highest BCUT2D eigenvalue weighted by atomic mass is 16.5. The van der Waals surface area contributed by atoms with Crippen molar-refractivity contribution in [1.29, 1.82) is 0 Å². The minimum Gasteiger partial charge on any atom is -0.497 e. The van der Waals surface area contributed by atoms with Gasteiger partial charge < -0.3 is 10.1 Å². The third-order valence-electron chi connectivity index (χ3n) is 4.42.